The Bertz CT molecular complexity index is 493. The Morgan fingerprint density at radius 1 is 1.48 bits per heavy atom. The number of benzene rings is 1. The Morgan fingerprint density at radius 2 is 2.29 bits per heavy atom. The molecule has 1 heterocycles. The van der Waals surface area contributed by atoms with E-state index in [1.54, 1.807) is 6.07 Å². The molecule has 116 valence electrons. The van der Waals surface area contributed by atoms with Crippen molar-refractivity contribution in [3.8, 4) is 5.75 Å². The largest absolute Gasteiger partial charge is 0.490 e. The van der Waals surface area contributed by atoms with Crippen molar-refractivity contribution in [2.24, 2.45) is 0 Å². The molecule has 1 fully saturated rings. The fourth-order valence-corrected chi connectivity index (χ4v) is 2.95. The zero-order chi connectivity index (χ0) is 15.2. The average Bonchev–Trinajstić information content (AvgIpc) is 2.52. The lowest BCUT2D eigenvalue weighted by atomic mass is 9.98. The molecule has 6 heteroatoms. The molecule has 0 saturated carbocycles. The molecule has 1 aromatic rings. The van der Waals surface area contributed by atoms with Crippen LogP contribution in [0, 0.1) is 10.1 Å². The van der Waals surface area contributed by atoms with Crippen LogP contribution in [0.5, 0.6) is 5.75 Å². The summed E-state index contributed by atoms with van der Waals surface area (Å²) in [7, 11) is 3.43. The van der Waals surface area contributed by atoms with Gasteiger partial charge in [-0.1, -0.05) is 0 Å². The molecule has 21 heavy (non-hydrogen) atoms. The topological polar surface area (TPSA) is 67.6 Å². The standard InChI is InChI=1S/C15H23N3O3/c1-16-9-8-12-5-3-4-10-17(12)13-6-7-14(18(19)20)15(11-13)21-2/h6-7,11-12,16H,3-5,8-10H2,1-2H3. The van der Waals surface area contributed by atoms with E-state index in [-0.39, 0.29) is 5.69 Å². The smallest absolute Gasteiger partial charge is 0.311 e. The van der Waals surface area contributed by atoms with Gasteiger partial charge in [-0.25, -0.2) is 0 Å². The number of anilines is 1. The van der Waals surface area contributed by atoms with Crippen molar-refractivity contribution < 1.29 is 9.66 Å². The summed E-state index contributed by atoms with van der Waals surface area (Å²) in [5.74, 6) is 0.329. The molecule has 0 amide bonds. The SMILES string of the molecule is CNCCC1CCCCN1c1ccc([N+](=O)[O-])c(OC)c1. The third-order valence-corrected chi connectivity index (χ3v) is 4.05. The van der Waals surface area contributed by atoms with Crippen molar-refractivity contribution in [3.63, 3.8) is 0 Å². The van der Waals surface area contributed by atoms with E-state index in [1.807, 2.05) is 13.1 Å². The summed E-state index contributed by atoms with van der Waals surface area (Å²) in [4.78, 5) is 12.9. The molecule has 1 N–H and O–H groups in total. The minimum atomic E-state index is -0.405. The number of methoxy groups -OCH3 is 1. The van der Waals surface area contributed by atoms with E-state index < -0.39 is 4.92 Å². The van der Waals surface area contributed by atoms with Crippen LogP contribution in [0.15, 0.2) is 18.2 Å². The van der Waals surface area contributed by atoms with Crippen LogP contribution in [0.4, 0.5) is 11.4 Å². The van der Waals surface area contributed by atoms with Crippen LogP contribution < -0.4 is 15.0 Å². The number of hydrogen-bond donors (Lipinski definition) is 1. The van der Waals surface area contributed by atoms with Crippen LogP contribution in [-0.2, 0) is 0 Å². The number of ether oxygens (including phenoxy) is 1. The van der Waals surface area contributed by atoms with Crippen molar-refractivity contribution in [3.05, 3.63) is 28.3 Å². The maximum atomic E-state index is 11.0. The van der Waals surface area contributed by atoms with Crippen LogP contribution in [0.3, 0.4) is 0 Å². The van der Waals surface area contributed by atoms with Gasteiger partial charge >= 0.3 is 5.69 Å². The number of nitrogens with one attached hydrogen (secondary N) is 1. The first-order valence-corrected chi connectivity index (χ1v) is 7.41. The number of nitro benzene ring substituents is 1. The van der Waals surface area contributed by atoms with Crippen LogP contribution in [0.1, 0.15) is 25.7 Å². The minimum absolute atomic E-state index is 0.0186. The van der Waals surface area contributed by atoms with Gasteiger partial charge in [0.25, 0.3) is 0 Å². The molecule has 1 aliphatic rings. The lowest BCUT2D eigenvalue weighted by molar-refractivity contribution is -0.385. The molecule has 0 radical (unpaired) electrons. The van der Waals surface area contributed by atoms with Gasteiger partial charge in [0.2, 0.25) is 0 Å². The number of piperidine rings is 1. The highest BCUT2D eigenvalue weighted by atomic mass is 16.6. The summed E-state index contributed by atoms with van der Waals surface area (Å²) in [5, 5.41) is 14.2. The highest BCUT2D eigenvalue weighted by Gasteiger charge is 2.24. The van der Waals surface area contributed by atoms with Gasteiger partial charge in [-0.15, -0.1) is 0 Å². The molecule has 1 atom stereocenters. The highest BCUT2D eigenvalue weighted by Crippen LogP contribution is 2.34. The lowest BCUT2D eigenvalue weighted by Crippen LogP contribution is -2.41. The van der Waals surface area contributed by atoms with E-state index in [1.165, 1.54) is 26.0 Å². The Morgan fingerprint density at radius 3 is 2.95 bits per heavy atom. The maximum Gasteiger partial charge on any atom is 0.311 e. The monoisotopic (exact) mass is 293 g/mol. The number of nitrogens with zero attached hydrogens (tertiary/aromatic N) is 2. The molecular formula is C15H23N3O3. The van der Waals surface area contributed by atoms with Crippen LogP contribution >= 0.6 is 0 Å². The van der Waals surface area contributed by atoms with E-state index in [2.05, 4.69) is 10.2 Å². The summed E-state index contributed by atoms with van der Waals surface area (Å²) in [6.07, 6.45) is 4.65. The highest BCUT2D eigenvalue weighted by molar-refractivity contribution is 5.59. The molecule has 0 aromatic heterocycles. The molecule has 0 aliphatic carbocycles. The van der Waals surface area contributed by atoms with Crippen molar-refractivity contribution in [2.45, 2.75) is 31.7 Å². The molecule has 6 nitrogen and oxygen atoms in total. The Balaban J connectivity index is 2.23. The third kappa shape index (κ3) is 3.64. The zero-order valence-corrected chi connectivity index (χ0v) is 12.7. The number of rotatable bonds is 6. The predicted molar refractivity (Wildman–Crippen MR) is 83.2 cm³/mol. The van der Waals surface area contributed by atoms with Crippen LogP contribution in [0.25, 0.3) is 0 Å². The fraction of sp³-hybridized carbons (Fsp3) is 0.600. The van der Waals surface area contributed by atoms with Gasteiger partial charge in [-0.3, -0.25) is 10.1 Å². The molecule has 1 unspecified atom stereocenters. The van der Waals surface area contributed by atoms with Gasteiger partial charge in [-0.2, -0.15) is 0 Å². The quantitative estimate of drug-likeness (QED) is 0.645. The van der Waals surface area contributed by atoms with Crippen molar-refractivity contribution in [1.82, 2.24) is 5.32 Å². The summed E-state index contributed by atoms with van der Waals surface area (Å²) in [6.45, 7) is 1.97. The molecule has 1 saturated heterocycles. The first-order chi connectivity index (χ1) is 10.2. The molecule has 1 aliphatic heterocycles. The van der Waals surface area contributed by atoms with Gasteiger partial charge in [0, 0.05) is 30.4 Å². The van der Waals surface area contributed by atoms with E-state index in [9.17, 15) is 10.1 Å². The van der Waals surface area contributed by atoms with Gasteiger partial charge in [0.1, 0.15) is 0 Å². The van der Waals surface area contributed by atoms with Gasteiger partial charge in [0.05, 0.1) is 12.0 Å². The van der Waals surface area contributed by atoms with E-state index >= 15 is 0 Å². The Hall–Kier alpha value is -1.82. The fourth-order valence-electron chi connectivity index (χ4n) is 2.95. The summed E-state index contributed by atoms with van der Waals surface area (Å²) in [5.41, 5.74) is 1.03. The first kappa shape index (κ1) is 15.6. The first-order valence-electron chi connectivity index (χ1n) is 7.41. The van der Waals surface area contributed by atoms with E-state index in [0.29, 0.717) is 11.8 Å². The molecule has 0 bridgehead atoms. The predicted octanol–water partition coefficient (Wildman–Crippen LogP) is 2.57. The molecule has 0 spiro atoms. The van der Waals surface area contributed by atoms with Crippen molar-refractivity contribution in [1.29, 1.82) is 0 Å². The molecular weight excluding hydrogens is 270 g/mol. The Labute approximate surface area is 125 Å². The molecule has 1 aromatic carbocycles. The van der Waals surface area contributed by atoms with Crippen LogP contribution in [0.2, 0.25) is 0 Å². The van der Waals surface area contributed by atoms with Crippen molar-refractivity contribution in [2.75, 3.05) is 32.1 Å². The van der Waals surface area contributed by atoms with Crippen molar-refractivity contribution >= 4 is 11.4 Å². The van der Waals surface area contributed by atoms with Gasteiger partial charge in [0.15, 0.2) is 5.75 Å². The molecule has 2 rings (SSSR count). The summed E-state index contributed by atoms with van der Waals surface area (Å²) < 4.78 is 5.17. The second kappa shape index (κ2) is 7.26. The summed E-state index contributed by atoms with van der Waals surface area (Å²) >= 11 is 0. The van der Waals surface area contributed by atoms with Gasteiger partial charge < -0.3 is 15.0 Å². The maximum absolute atomic E-state index is 11.0. The summed E-state index contributed by atoms with van der Waals surface area (Å²) in [6, 6.07) is 5.64. The second-order valence-electron chi connectivity index (χ2n) is 5.35. The second-order valence-corrected chi connectivity index (χ2v) is 5.35. The van der Waals surface area contributed by atoms with Crippen LogP contribution in [-0.4, -0.2) is 38.2 Å². The normalized spacial score (nSPS) is 18.6. The van der Waals surface area contributed by atoms with Gasteiger partial charge in [-0.05, 0) is 45.3 Å². The average molecular weight is 293 g/mol. The number of nitro groups is 1. The zero-order valence-electron chi connectivity index (χ0n) is 12.7. The third-order valence-electron chi connectivity index (χ3n) is 4.05. The minimum Gasteiger partial charge on any atom is -0.490 e. The Kier molecular flexibility index (Phi) is 5.38. The van der Waals surface area contributed by atoms with E-state index in [0.717, 1.165) is 31.6 Å². The number of hydrogen-bond acceptors (Lipinski definition) is 5. The van der Waals surface area contributed by atoms with E-state index in [4.69, 9.17) is 4.74 Å². The lowest BCUT2D eigenvalue weighted by Gasteiger charge is -2.37.